The van der Waals surface area contributed by atoms with Crippen molar-refractivity contribution in [1.82, 2.24) is 13.9 Å². The lowest BCUT2D eigenvalue weighted by atomic mass is 9.84. The van der Waals surface area contributed by atoms with Crippen molar-refractivity contribution in [1.29, 1.82) is 0 Å². The van der Waals surface area contributed by atoms with E-state index in [2.05, 4.69) is 29.2 Å². The van der Waals surface area contributed by atoms with E-state index in [1.165, 1.54) is 15.4 Å². The minimum absolute atomic E-state index is 0.00703. The summed E-state index contributed by atoms with van der Waals surface area (Å²) in [6.45, 7) is 2.88. The Balaban J connectivity index is 1.53. The van der Waals surface area contributed by atoms with E-state index in [1.54, 1.807) is 17.8 Å². The van der Waals surface area contributed by atoms with Gasteiger partial charge in [0.2, 0.25) is 10.0 Å². The van der Waals surface area contributed by atoms with Crippen molar-refractivity contribution in [2.75, 3.05) is 12.3 Å². The lowest BCUT2D eigenvalue weighted by Gasteiger charge is -2.28. The van der Waals surface area contributed by atoms with Gasteiger partial charge in [-0.25, -0.2) is 13.4 Å². The van der Waals surface area contributed by atoms with Gasteiger partial charge in [0.15, 0.2) is 0 Å². The second kappa shape index (κ2) is 7.20. The molecule has 2 aliphatic rings. The van der Waals surface area contributed by atoms with Crippen LogP contribution in [0.1, 0.15) is 35.7 Å². The summed E-state index contributed by atoms with van der Waals surface area (Å²) in [5, 5.41) is 0. The molecular weight excluding hydrogens is 362 g/mol. The van der Waals surface area contributed by atoms with Gasteiger partial charge in [0.25, 0.3) is 5.56 Å². The Hall–Kier alpha value is -1.99. The largest absolute Gasteiger partial charge is 0.299 e. The highest BCUT2D eigenvalue weighted by atomic mass is 32.2. The normalized spacial score (nSPS) is 20.1. The molecule has 27 heavy (non-hydrogen) atoms. The summed E-state index contributed by atoms with van der Waals surface area (Å²) in [4.78, 5) is 17.4. The third-order valence-electron chi connectivity index (χ3n) is 5.82. The predicted molar refractivity (Wildman–Crippen MR) is 104 cm³/mol. The second-order valence-corrected chi connectivity index (χ2v) is 9.75. The molecule has 0 N–H and O–H groups in total. The highest BCUT2D eigenvalue weighted by Crippen LogP contribution is 2.26. The maximum Gasteiger partial charge on any atom is 0.256 e. The Morgan fingerprint density at radius 3 is 2.74 bits per heavy atom. The summed E-state index contributed by atoms with van der Waals surface area (Å²) in [6.07, 6.45) is 5.15. The van der Waals surface area contributed by atoms with Gasteiger partial charge in [0.05, 0.1) is 24.3 Å². The molecule has 144 valence electrons. The molecule has 0 bridgehead atoms. The van der Waals surface area contributed by atoms with E-state index in [0.717, 1.165) is 19.3 Å². The molecule has 1 aromatic carbocycles. The number of fused-ring (bicyclic) bond motifs is 2. The molecule has 1 aliphatic heterocycles. The molecule has 1 atom stereocenters. The average Bonchev–Trinajstić information content (AvgIpc) is 2.69. The smallest absolute Gasteiger partial charge is 0.256 e. The van der Waals surface area contributed by atoms with Crippen LogP contribution in [0.3, 0.4) is 0 Å². The van der Waals surface area contributed by atoms with Crippen molar-refractivity contribution in [2.24, 2.45) is 5.92 Å². The number of benzene rings is 1. The van der Waals surface area contributed by atoms with Gasteiger partial charge >= 0.3 is 0 Å². The highest BCUT2D eigenvalue weighted by molar-refractivity contribution is 7.89. The van der Waals surface area contributed by atoms with Gasteiger partial charge in [-0.15, -0.1) is 0 Å². The van der Waals surface area contributed by atoms with Crippen LogP contribution < -0.4 is 5.56 Å². The van der Waals surface area contributed by atoms with Crippen molar-refractivity contribution in [3.8, 4) is 0 Å². The molecule has 6 nitrogen and oxygen atoms in total. The minimum Gasteiger partial charge on any atom is -0.299 e. The van der Waals surface area contributed by atoms with Gasteiger partial charge in [-0.3, -0.25) is 9.36 Å². The number of sulfonamides is 1. The van der Waals surface area contributed by atoms with Crippen LogP contribution in [-0.4, -0.2) is 34.6 Å². The van der Waals surface area contributed by atoms with Crippen LogP contribution in [0.25, 0.3) is 0 Å². The van der Waals surface area contributed by atoms with E-state index in [-0.39, 0.29) is 17.9 Å². The predicted octanol–water partition coefficient (Wildman–Crippen LogP) is 1.76. The Morgan fingerprint density at radius 2 is 1.96 bits per heavy atom. The molecule has 0 amide bonds. The van der Waals surface area contributed by atoms with Crippen LogP contribution in [0.4, 0.5) is 0 Å². The van der Waals surface area contributed by atoms with Crippen LogP contribution >= 0.6 is 0 Å². The van der Waals surface area contributed by atoms with E-state index in [1.807, 2.05) is 0 Å². The summed E-state index contributed by atoms with van der Waals surface area (Å²) in [5.41, 5.74) is 4.08. The summed E-state index contributed by atoms with van der Waals surface area (Å²) in [7, 11) is -3.25. The number of aromatic nitrogens is 2. The van der Waals surface area contributed by atoms with Gasteiger partial charge in [0.1, 0.15) is 0 Å². The van der Waals surface area contributed by atoms with E-state index in [0.29, 0.717) is 36.7 Å². The first-order valence-corrected chi connectivity index (χ1v) is 11.2. The van der Waals surface area contributed by atoms with Crippen molar-refractivity contribution < 1.29 is 8.42 Å². The minimum atomic E-state index is -3.25. The number of nitrogens with zero attached hydrogens (tertiary/aromatic N) is 3. The first kappa shape index (κ1) is 18.4. The fourth-order valence-corrected chi connectivity index (χ4v) is 5.25. The Bertz CT molecular complexity index is 1010. The number of rotatable bonds is 4. The Morgan fingerprint density at radius 1 is 1.19 bits per heavy atom. The van der Waals surface area contributed by atoms with Crippen LogP contribution in [0.2, 0.25) is 0 Å². The van der Waals surface area contributed by atoms with Crippen LogP contribution in [-0.2, 0) is 42.4 Å². The molecule has 0 unspecified atom stereocenters. The van der Waals surface area contributed by atoms with Crippen LogP contribution in [0.15, 0.2) is 35.4 Å². The summed E-state index contributed by atoms with van der Waals surface area (Å²) in [6, 6.07) is 8.52. The fraction of sp³-hybridized carbons (Fsp3) is 0.500. The third kappa shape index (κ3) is 3.58. The molecule has 2 aromatic rings. The van der Waals surface area contributed by atoms with Gasteiger partial charge < -0.3 is 0 Å². The zero-order valence-electron chi connectivity index (χ0n) is 15.6. The molecule has 0 spiro atoms. The second-order valence-electron chi connectivity index (χ2n) is 7.49. The molecule has 1 aliphatic carbocycles. The van der Waals surface area contributed by atoms with Gasteiger partial charge in [0, 0.05) is 18.7 Å². The lowest BCUT2D eigenvalue weighted by Crippen LogP contribution is -2.41. The molecule has 1 aromatic heterocycles. The SMILES string of the molecule is CCS(=O)(=O)N1CCc2c(ncn(C[C@H]3CCc4ccccc4C3)c2=O)C1. The van der Waals surface area contributed by atoms with E-state index in [4.69, 9.17) is 0 Å². The zero-order chi connectivity index (χ0) is 19.0. The van der Waals surface area contributed by atoms with E-state index in [9.17, 15) is 13.2 Å². The molecule has 7 heteroatoms. The number of aryl methyl sites for hydroxylation is 1. The molecular formula is C20H25N3O3S. The summed E-state index contributed by atoms with van der Waals surface area (Å²) in [5.74, 6) is 0.501. The first-order chi connectivity index (χ1) is 13.0. The van der Waals surface area contributed by atoms with E-state index < -0.39 is 10.0 Å². The maximum absolute atomic E-state index is 12.9. The lowest BCUT2D eigenvalue weighted by molar-refractivity contribution is 0.366. The fourth-order valence-electron chi connectivity index (χ4n) is 4.19. The molecule has 0 fully saturated rings. The van der Waals surface area contributed by atoms with Crippen LogP contribution in [0.5, 0.6) is 0 Å². The summed E-state index contributed by atoms with van der Waals surface area (Å²) < 4.78 is 27.3. The van der Waals surface area contributed by atoms with Crippen molar-refractivity contribution in [3.05, 3.63) is 63.3 Å². The first-order valence-electron chi connectivity index (χ1n) is 9.59. The molecule has 4 rings (SSSR count). The monoisotopic (exact) mass is 387 g/mol. The van der Waals surface area contributed by atoms with Crippen molar-refractivity contribution >= 4 is 10.0 Å². The number of hydrogen-bond donors (Lipinski definition) is 0. The summed E-state index contributed by atoms with van der Waals surface area (Å²) >= 11 is 0. The van der Waals surface area contributed by atoms with Gasteiger partial charge in [-0.05, 0) is 49.7 Å². The third-order valence-corrected chi connectivity index (χ3v) is 7.65. The molecule has 0 saturated heterocycles. The van der Waals surface area contributed by atoms with E-state index >= 15 is 0 Å². The van der Waals surface area contributed by atoms with Crippen molar-refractivity contribution in [3.63, 3.8) is 0 Å². The van der Waals surface area contributed by atoms with Crippen LogP contribution in [0, 0.1) is 5.92 Å². The standard InChI is InChI=1S/C20H25N3O3S/c1-2-27(25,26)23-10-9-18-19(13-23)21-14-22(20(18)24)12-15-7-8-16-5-3-4-6-17(16)11-15/h3-6,14-15H,2,7-13H2,1H3/t15-/m0/s1. The van der Waals surface area contributed by atoms with Crippen molar-refractivity contribution in [2.45, 2.75) is 45.7 Å². The van der Waals surface area contributed by atoms with Gasteiger partial charge in [-0.1, -0.05) is 24.3 Å². The van der Waals surface area contributed by atoms with Gasteiger partial charge in [-0.2, -0.15) is 4.31 Å². The molecule has 0 saturated carbocycles. The topological polar surface area (TPSA) is 72.3 Å². The maximum atomic E-state index is 12.9. The number of hydrogen-bond acceptors (Lipinski definition) is 4. The highest BCUT2D eigenvalue weighted by Gasteiger charge is 2.28. The quantitative estimate of drug-likeness (QED) is 0.801. The Labute approximate surface area is 159 Å². The molecule has 0 radical (unpaired) electrons. The zero-order valence-corrected chi connectivity index (χ0v) is 16.4. The average molecular weight is 388 g/mol. The molecule has 2 heterocycles. The Kier molecular flexibility index (Phi) is 4.90.